The van der Waals surface area contributed by atoms with Crippen molar-refractivity contribution in [3.05, 3.63) is 95.5 Å². The molecule has 0 radical (unpaired) electrons. The molecule has 206 valence electrons. The SMILES string of the molecule is CC1CN(C(=O)CCCCSc2nnc(-c3ccccc3)n2-c2ccccc2)CCN1C(=O)c1ccccc1Cl. The summed E-state index contributed by atoms with van der Waals surface area (Å²) < 4.78 is 2.09. The zero-order valence-corrected chi connectivity index (χ0v) is 24.0. The number of para-hydroxylation sites is 1. The lowest BCUT2D eigenvalue weighted by Gasteiger charge is -2.40. The van der Waals surface area contributed by atoms with Crippen LogP contribution in [0.2, 0.25) is 5.02 Å². The fourth-order valence-corrected chi connectivity index (χ4v) is 6.09. The molecule has 0 N–H and O–H groups in total. The summed E-state index contributed by atoms with van der Waals surface area (Å²) in [6, 6.07) is 27.2. The van der Waals surface area contributed by atoms with Gasteiger partial charge in [0.05, 0.1) is 10.6 Å². The van der Waals surface area contributed by atoms with Crippen LogP contribution in [0.4, 0.5) is 0 Å². The summed E-state index contributed by atoms with van der Waals surface area (Å²) in [7, 11) is 0. The first-order valence-electron chi connectivity index (χ1n) is 13.6. The Balaban J connectivity index is 1.12. The van der Waals surface area contributed by atoms with Gasteiger partial charge in [-0.3, -0.25) is 14.2 Å². The van der Waals surface area contributed by atoms with E-state index < -0.39 is 0 Å². The van der Waals surface area contributed by atoms with Gasteiger partial charge in [0, 0.05) is 49.1 Å². The van der Waals surface area contributed by atoms with E-state index in [1.165, 1.54) is 0 Å². The number of halogens is 1. The zero-order valence-electron chi connectivity index (χ0n) is 22.4. The van der Waals surface area contributed by atoms with Gasteiger partial charge in [-0.05, 0) is 44.0 Å². The third-order valence-corrected chi connectivity index (χ3v) is 8.39. The van der Waals surface area contributed by atoms with Crippen molar-refractivity contribution in [2.24, 2.45) is 0 Å². The summed E-state index contributed by atoms with van der Waals surface area (Å²) in [4.78, 5) is 29.6. The van der Waals surface area contributed by atoms with E-state index >= 15 is 0 Å². The van der Waals surface area contributed by atoms with Crippen LogP contribution in [0.25, 0.3) is 17.1 Å². The lowest BCUT2D eigenvalue weighted by molar-refractivity contribution is -0.133. The minimum atomic E-state index is -0.0824. The van der Waals surface area contributed by atoms with Crippen LogP contribution >= 0.6 is 23.4 Å². The normalized spacial score (nSPS) is 15.3. The van der Waals surface area contributed by atoms with Crippen molar-refractivity contribution < 1.29 is 9.59 Å². The number of hydrogen-bond donors (Lipinski definition) is 0. The molecule has 1 unspecified atom stereocenters. The Morgan fingerprint density at radius 1 is 0.900 bits per heavy atom. The summed E-state index contributed by atoms with van der Waals surface area (Å²) in [6.45, 7) is 3.56. The predicted molar refractivity (Wildman–Crippen MR) is 160 cm³/mol. The van der Waals surface area contributed by atoms with Crippen LogP contribution in [0.5, 0.6) is 0 Å². The third kappa shape index (κ3) is 6.40. The van der Waals surface area contributed by atoms with Crippen molar-refractivity contribution in [2.75, 3.05) is 25.4 Å². The zero-order chi connectivity index (χ0) is 27.9. The van der Waals surface area contributed by atoms with Crippen molar-refractivity contribution in [2.45, 2.75) is 37.4 Å². The van der Waals surface area contributed by atoms with Gasteiger partial charge in [-0.15, -0.1) is 10.2 Å². The average molecular weight is 574 g/mol. The standard InChI is InChI=1S/C31H32ClN5O2S/c1-23-22-35(19-20-36(23)30(39)26-16-8-9-17-27(26)32)28(38)18-10-11-21-40-31-34-33-29(24-12-4-2-5-13-24)37(31)25-14-6-3-7-15-25/h2-9,12-17,23H,10-11,18-22H2,1H3. The minimum Gasteiger partial charge on any atom is -0.339 e. The number of nitrogens with zero attached hydrogens (tertiary/aromatic N) is 5. The van der Waals surface area contributed by atoms with Crippen LogP contribution in [0.3, 0.4) is 0 Å². The van der Waals surface area contributed by atoms with E-state index in [0.29, 0.717) is 36.6 Å². The predicted octanol–water partition coefficient (Wildman–Crippen LogP) is 6.22. The molecule has 1 aromatic heterocycles. The molecule has 3 aromatic carbocycles. The number of rotatable bonds is 9. The Kier molecular flexibility index (Phi) is 9.19. The second-order valence-corrected chi connectivity index (χ2v) is 11.3. The molecule has 40 heavy (non-hydrogen) atoms. The van der Waals surface area contributed by atoms with Gasteiger partial charge in [0.25, 0.3) is 5.91 Å². The number of benzene rings is 3. The van der Waals surface area contributed by atoms with Crippen molar-refractivity contribution in [3.8, 4) is 17.1 Å². The largest absolute Gasteiger partial charge is 0.339 e. The number of thioether (sulfide) groups is 1. The molecule has 2 amide bonds. The lowest BCUT2D eigenvalue weighted by atomic mass is 10.1. The Hall–Kier alpha value is -3.62. The molecule has 1 saturated heterocycles. The van der Waals surface area contributed by atoms with Crippen LogP contribution in [0.1, 0.15) is 36.5 Å². The smallest absolute Gasteiger partial charge is 0.255 e. The maximum Gasteiger partial charge on any atom is 0.255 e. The van der Waals surface area contributed by atoms with E-state index in [4.69, 9.17) is 11.6 Å². The molecule has 1 atom stereocenters. The molecule has 5 rings (SSSR count). The fraction of sp³-hybridized carbons (Fsp3) is 0.290. The van der Waals surface area contributed by atoms with Gasteiger partial charge in [0.2, 0.25) is 5.91 Å². The molecule has 9 heteroatoms. The molecular formula is C31H32ClN5O2S. The van der Waals surface area contributed by atoms with Gasteiger partial charge in [0.15, 0.2) is 11.0 Å². The van der Waals surface area contributed by atoms with E-state index in [1.807, 2.05) is 77.4 Å². The number of aromatic nitrogens is 3. The van der Waals surface area contributed by atoms with Crippen LogP contribution in [-0.4, -0.2) is 67.8 Å². The van der Waals surface area contributed by atoms with Gasteiger partial charge in [-0.1, -0.05) is 84.0 Å². The van der Waals surface area contributed by atoms with Gasteiger partial charge < -0.3 is 9.80 Å². The highest BCUT2D eigenvalue weighted by Gasteiger charge is 2.30. The highest BCUT2D eigenvalue weighted by molar-refractivity contribution is 7.99. The van der Waals surface area contributed by atoms with Gasteiger partial charge >= 0.3 is 0 Å². The highest BCUT2D eigenvalue weighted by atomic mass is 35.5. The van der Waals surface area contributed by atoms with Crippen LogP contribution < -0.4 is 0 Å². The molecule has 1 fully saturated rings. The maximum atomic E-state index is 13.0. The molecule has 0 spiro atoms. The van der Waals surface area contributed by atoms with Gasteiger partial charge in [0.1, 0.15) is 0 Å². The number of carbonyl (C=O) groups excluding carboxylic acids is 2. The molecule has 4 aromatic rings. The molecule has 2 heterocycles. The average Bonchev–Trinajstić information content (AvgIpc) is 3.41. The van der Waals surface area contributed by atoms with Gasteiger partial charge in [-0.2, -0.15) is 0 Å². The Morgan fingerprint density at radius 2 is 1.60 bits per heavy atom. The van der Waals surface area contributed by atoms with Crippen molar-refractivity contribution in [1.29, 1.82) is 0 Å². The molecular weight excluding hydrogens is 542 g/mol. The summed E-state index contributed by atoms with van der Waals surface area (Å²) in [5.41, 5.74) is 2.54. The summed E-state index contributed by atoms with van der Waals surface area (Å²) in [6.07, 6.45) is 2.18. The summed E-state index contributed by atoms with van der Waals surface area (Å²) >= 11 is 7.89. The van der Waals surface area contributed by atoms with Crippen molar-refractivity contribution >= 4 is 35.2 Å². The second-order valence-electron chi connectivity index (χ2n) is 9.82. The minimum absolute atomic E-state index is 0.0693. The summed E-state index contributed by atoms with van der Waals surface area (Å²) in [5.74, 6) is 1.70. The first-order chi connectivity index (χ1) is 19.5. The second kappa shape index (κ2) is 13.2. The number of unbranched alkanes of at least 4 members (excludes halogenated alkanes) is 1. The highest BCUT2D eigenvalue weighted by Crippen LogP contribution is 2.28. The van der Waals surface area contributed by atoms with Crippen LogP contribution in [0.15, 0.2) is 90.1 Å². The van der Waals surface area contributed by atoms with Gasteiger partial charge in [-0.25, -0.2) is 0 Å². The topological polar surface area (TPSA) is 71.3 Å². The molecule has 1 aliphatic heterocycles. The third-order valence-electron chi connectivity index (χ3n) is 7.04. The monoisotopic (exact) mass is 573 g/mol. The van der Waals surface area contributed by atoms with Crippen molar-refractivity contribution in [3.63, 3.8) is 0 Å². The van der Waals surface area contributed by atoms with E-state index in [-0.39, 0.29) is 17.9 Å². The Labute approximate surface area is 244 Å². The lowest BCUT2D eigenvalue weighted by Crippen LogP contribution is -2.55. The number of carbonyl (C=O) groups is 2. The van der Waals surface area contributed by atoms with Crippen molar-refractivity contribution in [1.82, 2.24) is 24.6 Å². The molecule has 0 aliphatic carbocycles. The quantitative estimate of drug-likeness (QED) is 0.175. The number of hydrogen-bond acceptors (Lipinski definition) is 5. The van der Waals surface area contributed by atoms with E-state index in [1.54, 1.807) is 23.9 Å². The Bertz CT molecular complexity index is 1450. The summed E-state index contributed by atoms with van der Waals surface area (Å²) in [5, 5.41) is 10.3. The fourth-order valence-electron chi connectivity index (χ4n) is 4.92. The first-order valence-corrected chi connectivity index (χ1v) is 14.9. The molecule has 0 saturated carbocycles. The van der Waals surface area contributed by atoms with Crippen LogP contribution in [0, 0.1) is 0 Å². The maximum absolute atomic E-state index is 13.0. The number of piperazine rings is 1. The van der Waals surface area contributed by atoms with E-state index in [2.05, 4.69) is 26.9 Å². The first kappa shape index (κ1) is 27.9. The van der Waals surface area contributed by atoms with Crippen LogP contribution in [-0.2, 0) is 4.79 Å². The molecule has 0 bridgehead atoms. The number of amides is 2. The van der Waals surface area contributed by atoms with E-state index in [9.17, 15) is 9.59 Å². The Morgan fingerprint density at radius 3 is 2.33 bits per heavy atom. The molecule has 1 aliphatic rings. The molecule has 7 nitrogen and oxygen atoms in total. The van der Waals surface area contributed by atoms with E-state index in [0.717, 1.165) is 40.8 Å².